The molecule has 20 heavy (non-hydrogen) atoms. The van der Waals surface area contributed by atoms with Crippen molar-refractivity contribution >= 4 is 23.3 Å². The van der Waals surface area contributed by atoms with Crippen LogP contribution in [-0.2, 0) is 0 Å². The molecule has 6 heteroatoms. The maximum absolute atomic E-state index is 11.4. The Bertz CT molecular complexity index is 645. The molecule has 1 amide bonds. The van der Waals surface area contributed by atoms with Crippen molar-refractivity contribution in [3.05, 3.63) is 52.4 Å². The van der Waals surface area contributed by atoms with Gasteiger partial charge in [0.1, 0.15) is 5.82 Å². The number of carbonyl (C=O) groups excluding carboxylic acids is 1. The maximum Gasteiger partial charge on any atom is 0.254 e. The summed E-state index contributed by atoms with van der Waals surface area (Å²) in [6.07, 6.45) is 1.32. The number of aryl methyl sites for hydroxylation is 1. The lowest BCUT2D eigenvalue weighted by atomic mass is 10.0. The van der Waals surface area contributed by atoms with E-state index in [2.05, 4.69) is 15.3 Å². The quantitative estimate of drug-likeness (QED) is 0.848. The Hall–Kier alpha value is -2.14. The van der Waals surface area contributed by atoms with Crippen LogP contribution in [0.3, 0.4) is 0 Å². The van der Waals surface area contributed by atoms with Crippen molar-refractivity contribution in [1.29, 1.82) is 0 Å². The molecule has 3 N–H and O–H groups in total. The van der Waals surface area contributed by atoms with Gasteiger partial charge in [-0.15, -0.1) is 0 Å². The minimum atomic E-state index is -0.596. The lowest BCUT2D eigenvalue weighted by molar-refractivity contribution is 0.100. The molecule has 1 aromatic carbocycles. The first kappa shape index (κ1) is 14.3. The lowest BCUT2D eigenvalue weighted by Crippen LogP contribution is -2.18. The van der Waals surface area contributed by atoms with Gasteiger partial charge >= 0.3 is 0 Å². The van der Waals surface area contributed by atoms with Gasteiger partial charge in [-0.05, 0) is 36.6 Å². The predicted octanol–water partition coefficient (Wildman–Crippen LogP) is 2.71. The first-order chi connectivity index (χ1) is 9.49. The Balaban J connectivity index is 2.32. The number of amides is 1. The van der Waals surface area contributed by atoms with E-state index in [1.807, 2.05) is 38.1 Å². The van der Waals surface area contributed by atoms with Gasteiger partial charge in [-0.25, -0.2) is 4.98 Å². The van der Waals surface area contributed by atoms with Crippen molar-refractivity contribution in [2.24, 2.45) is 5.73 Å². The number of hydrogen-bond donors (Lipinski definition) is 2. The molecule has 1 heterocycles. The number of anilines is 1. The Labute approximate surface area is 122 Å². The Morgan fingerprint density at radius 2 is 2.10 bits per heavy atom. The molecule has 2 rings (SSSR count). The summed E-state index contributed by atoms with van der Waals surface area (Å²) in [4.78, 5) is 19.2. The first-order valence-corrected chi connectivity index (χ1v) is 6.51. The van der Waals surface area contributed by atoms with Crippen LogP contribution in [0, 0.1) is 6.92 Å². The largest absolute Gasteiger partial charge is 0.365 e. The van der Waals surface area contributed by atoms with Crippen LogP contribution in [0.1, 0.15) is 34.5 Å². The second-order valence-electron chi connectivity index (χ2n) is 4.49. The molecule has 104 valence electrons. The third-order valence-electron chi connectivity index (χ3n) is 3.03. The average Bonchev–Trinajstić information content (AvgIpc) is 2.38. The molecule has 0 fully saturated rings. The summed E-state index contributed by atoms with van der Waals surface area (Å²) >= 11 is 5.77. The average molecular weight is 291 g/mol. The van der Waals surface area contributed by atoms with Crippen LogP contribution >= 0.6 is 11.6 Å². The standard InChI is InChI=1S/C14H15ClN4O/c1-8-5-3-4-6-10(8)9(2)18-13-11(12(16)20)7-17-14(15)19-13/h3-7,9H,1-2H3,(H2,16,20)(H,17,18,19). The summed E-state index contributed by atoms with van der Waals surface area (Å²) in [5.41, 5.74) is 7.78. The highest BCUT2D eigenvalue weighted by atomic mass is 35.5. The summed E-state index contributed by atoms with van der Waals surface area (Å²) in [6, 6.07) is 7.93. The van der Waals surface area contributed by atoms with E-state index >= 15 is 0 Å². The Morgan fingerprint density at radius 3 is 2.75 bits per heavy atom. The zero-order valence-corrected chi connectivity index (χ0v) is 12.0. The van der Waals surface area contributed by atoms with Crippen molar-refractivity contribution in [2.45, 2.75) is 19.9 Å². The Morgan fingerprint density at radius 1 is 1.40 bits per heavy atom. The van der Waals surface area contributed by atoms with Crippen molar-refractivity contribution in [3.63, 3.8) is 0 Å². The fraction of sp³-hybridized carbons (Fsp3) is 0.214. The molecule has 0 aliphatic rings. The predicted molar refractivity (Wildman–Crippen MR) is 78.8 cm³/mol. The van der Waals surface area contributed by atoms with E-state index in [0.717, 1.165) is 11.1 Å². The molecule has 0 radical (unpaired) electrons. The molecule has 1 atom stereocenters. The molecular formula is C14H15ClN4O. The van der Waals surface area contributed by atoms with Gasteiger partial charge in [0, 0.05) is 6.20 Å². The second kappa shape index (κ2) is 5.88. The first-order valence-electron chi connectivity index (χ1n) is 6.13. The van der Waals surface area contributed by atoms with Gasteiger partial charge in [0.05, 0.1) is 11.6 Å². The van der Waals surface area contributed by atoms with Gasteiger partial charge in [0.15, 0.2) is 0 Å². The highest BCUT2D eigenvalue weighted by Gasteiger charge is 2.15. The van der Waals surface area contributed by atoms with E-state index in [9.17, 15) is 4.79 Å². The summed E-state index contributed by atoms with van der Waals surface area (Å²) < 4.78 is 0. The number of aromatic nitrogens is 2. The molecule has 0 spiro atoms. The van der Waals surface area contributed by atoms with E-state index in [1.54, 1.807) is 0 Å². The fourth-order valence-electron chi connectivity index (χ4n) is 2.01. The van der Waals surface area contributed by atoms with E-state index < -0.39 is 5.91 Å². The fourth-order valence-corrected chi connectivity index (χ4v) is 2.14. The second-order valence-corrected chi connectivity index (χ2v) is 4.83. The number of primary amides is 1. The summed E-state index contributed by atoms with van der Waals surface area (Å²) in [7, 11) is 0. The van der Waals surface area contributed by atoms with Crippen LogP contribution in [0.2, 0.25) is 5.28 Å². The molecule has 5 nitrogen and oxygen atoms in total. The normalized spacial score (nSPS) is 11.9. The lowest BCUT2D eigenvalue weighted by Gasteiger charge is -2.18. The number of carbonyl (C=O) groups is 1. The monoisotopic (exact) mass is 290 g/mol. The third-order valence-corrected chi connectivity index (χ3v) is 3.22. The van der Waals surface area contributed by atoms with E-state index in [-0.39, 0.29) is 16.9 Å². The number of nitrogens with two attached hydrogens (primary N) is 1. The molecular weight excluding hydrogens is 276 g/mol. The summed E-state index contributed by atoms with van der Waals surface area (Å²) in [5.74, 6) is -0.255. The molecule has 1 aromatic heterocycles. The smallest absolute Gasteiger partial charge is 0.254 e. The molecule has 1 unspecified atom stereocenters. The van der Waals surface area contributed by atoms with E-state index in [1.165, 1.54) is 6.20 Å². The van der Waals surface area contributed by atoms with Crippen molar-refractivity contribution in [1.82, 2.24) is 9.97 Å². The number of nitrogens with one attached hydrogen (secondary N) is 1. The molecule has 0 aliphatic carbocycles. The highest BCUT2D eigenvalue weighted by molar-refractivity contribution is 6.28. The SMILES string of the molecule is Cc1ccccc1C(C)Nc1nc(Cl)ncc1C(N)=O. The van der Waals surface area contributed by atoms with E-state index in [4.69, 9.17) is 17.3 Å². The number of benzene rings is 1. The summed E-state index contributed by atoms with van der Waals surface area (Å²) in [6.45, 7) is 4.00. The zero-order valence-electron chi connectivity index (χ0n) is 11.2. The van der Waals surface area contributed by atoms with Gasteiger partial charge in [0.25, 0.3) is 5.91 Å². The number of rotatable bonds is 4. The van der Waals surface area contributed by atoms with E-state index in [0.29, 0.717) is 5.82 Å². The van der Waals surface area contributed by atoms with Crippen LogP contribution in [0.15, 0.2) is 30.5 Å². The van der Waals surface area contributed by atoms with Gasteiger partial charge in [-0.3, -0.25) is 4.79 Å². The number of nitrogens with zero attached hydrogens (tertiary/aromatic N) is 2. The van der Waals surface area contributed by atoms with Gasteiger partial charge in [0.2, 0.25) is 5.28 Å². The van der Waals surface area contributed by atoms with Crippen LogP contribution in [0.25, 0.3) is 0 Å². The molecule has 0 bridgehead atoms. The van der Waals surface area contributed by atoms with Crippen molar-refractivity contribution < 1.29 is 4.79 Å². The summed E-state index contributed by atoms with van der Waals surface area (Å²) in [5, 5.41) is 3.22. The zero-order chi connectivity index (χ0) is 14.7. The molecule has 0 saturated carbocycles. The number of halogens is 1. The minimum Gasteiger partial charge on any atom is -0.365 e. The van der Waals surface area contributed by atoms with Gasteiger partial charge in [-0.2, -0.15) is 4.98 Å². The van der Waals surface area contributed by atoms with Gasteiger partial charge < -0.3 is 11.1 Å². The van der Waals surface area contributed by atoms with Crippen LogP contribution in [0.4, 0.5) is 5.82 Å². The van der Waals surface area contributed by atoms with Crippen molar-refractivity contribution in [3.8, 4) is 0 Å². The van der Waals surface area contributed by atoms with Crippen LogP contribution in [0.5, 0.6) is 0 Å². The Kier molecular flexibility index (Phi) is 4.20. The highest BCUT2D eigenvalue weighted by Crippen LogP contribution is 2.23. The minimum absolute atomic E-state index is 0.0414. The maximum atomic E-state index is 11.4. The van der Waals surface area contributed by atoms with Gasteiger partial charge in [-0.1, -0.05) is 24.3 Å². The molecule has 0 aliphatic heterocycles. The van der Waals surface area contributed by atoms with Crippen molar-refractivity contribution in [2.75, 3.05) is 5.32 Å². The third kappa shape index (κ3) is 3.05. The van der Waals surface area contributed by atoms with Crippen LogP contribution in [-0.4, -0.2) is 15.9 Å². The topological polar surface area (TPSA) is 80.9 Å². The van der Waals surface area contributed by atoms with Crippen LogP contribution < -0.4 is 11.1 Å². The number of hydrogen-bond acceptors (Lipinski definition) is 4. The molecule has 0 saturated heterocycles. The molecule has 2 aromatic rings.